The lowest BCUT2D eigenvalue weighted by molar-refractivity contribution is 0.138. The Balaban J connectivity index is 2.47. The molecular formula is C11H14ClNO. The van der Waals surface area contributed by atoms with Gasteiger partial charge in [-0.2, -0.15) is 0 Å². The Morgan fingerprint density at radius 3 is 2.86 bits per heavy atom. The summed E-state index contributed by atoms with van der Waals surface area (Å²) in [4.78, 5) is 0. The number of hydrogen-bond acceptors (Lipinski definition) is 2. The quantitative estimate of drug-likeness (QED) is 0.775. The van der Waals surface area contributed by atoms with Crippen LogP contribution in [-0.2, 0) is 13.0 Å². The van der Waals surface area contributed by atoms with Gasteiger partial charge in [-0.1, -0.05) is 17.7 Å². The van der Waals surface area contributed by atoms with E-state index in [4.69, 9.17) is 22.1 Å². The molecule has 2 nitrogen and oxygen atoms in total. The third-order valence-electron chi connectivity index (χ3n) is 2.41. The zero-order chi connectivity index (χ0) is 10.3. The molecule has 76 valence electrons. The van der Waals surface area contributed by atoms with Crippen molar-refractivity contribution in [2.45, 2.75) is 32.4 Å². The lowest BCUT2D eigenvalue weighted by Crippen LogP contribution is -2.24. The van der Waals surface area contributed by atoms with Crippen molar-refractivity contribution in [3.05, 3.63) is 28.3 Å². The maximum absolute atomic E-state index is 6.10. The van der Waals surface area contributed by atoms with Crippen molar-refractivity contribution < 1.29 is 4.74 Å². The summed E-state index contributed by atoms with van der Waals surface area (Å²) in [5.41, 5.74) is 7.68. The van der Waals surface area contributed by atoms with Gasteiger partial charge in [-0.15, -0.1) is 0 Å². The molecule has 0 aliphatic carbocycles. The highest BCUT2D eigenvalue weighted by atomic mass is 35.5. The van der Waals surface area contributed by atoms with Crippen molar-refractivity contribution in [2.24, 2.45) is 5.73 Å². The van der Waals surface area contributed by atoms with Crippen LogP contribution >= 0.6 is 11.6 Å². The number of ether oxygens (including phenoxy) is 1. The average Bonchev–Trinajstić information content (AvgIpc) is 2.40. The summed E-state index contributed by atoms with van der Waals surface area (Å²) in [5, 5.41) is 0.675. The minimum absolute atomic E-state index is 0.140. The Morgan fingerprint density at radius 1 is 1.50 bits per heavy atom. The van der Waals surface area contributed by atoms with Crippen LogP contribution in [0.4, 0.5) is 0 Å². The Bertz CT molecular complexity index is 374. The molecular weight excluding hydrogens is 198 g/mol. The van der Waals surface area contributed by atoms with Gasteiger partial charge in [0.1, 0.15) is 11.4 Å². The molecule has 0 spiro atoms. The molecule has 2 N–H and O–H groups in total. The molecule has 3 heteroatoms. The SMILES string of the molecule is CC1(C)Cc2cc(CN)cc(Cl)c2O1. The Morgan fingerprint density at radius 2 is 2.21 bits per heavy atom. The fourth-order valence-corrected chi connectivity index (χ4v) is 2.15. The third-order valence-corrected chi connectivity index (χ3v) is 2.69. The minimum atomic E-state index is -0.140. The molecule has 14 heavy (non-hydrogen) atoms. The van der Waals surface area contributed by atoms with Crippen LogP contribution in [0.3, 0.4) is 0 Å². The fourth-order valence-electron chi connectivity index (χ4n) is 1.85. The average molecular weight is 212 g/mol. The van der Waals surface area contributed by atoms with E-state index in [1.165, 1.54) is 5.56 Å². The van der Waals surface area contributed by atoms with Crippen molar-refractivity contribution in [3.63, 3.8) is 0 Å². The molecule has 1 aromatic rings. The number of halogens is 1. The Kier molecular flexibility index (Phi) is 2.20. The van der Waals surface area contributed by atoms with Gasteiger partial charge >= 0.3 is 0 Å². The molecule has 2 rings (SSSR count). The van der Waals surface area contributed by atoms with Crippen LogP contribution in [0.25, 0.3) is 0 Å². The van der Waals surface area contributed by atoms with Crippen LogP contribution in [0.15, 0.2) is 12.1 Å². The van der Waals surface area contributed by atoms with Gasteiger partial charge in [0.2, 0.25) is 0 Å². The van der Waals surface area contributed by atoms with E-state index in [1.807, 2.05) is 6.07 Å². The van der Waals surface area contributed by atoms with Crippen molar-refractivity contribution in [1.82, 2.24) is 0 Å². The Hall–Kier alpha value is -0.730. The lowest BCUT2D eigenvalue weighted by Gasteiger charge is -2.17. The highest BCUT2D eigenvalue weighted by Crippen LogP contribution is 2.40. The predicted molar refractivity (Wildman–Crippen MR) is 57.8 cm³/mol. The van der Waals surface area contributed by atoms with Crippen molar-refractivity contribution in [3.8, 4) is 5.75 Å². The molecule has 0 fully saturated rings. The van der Waals surface area contributed by atoms with E-state index in [0.717, 1.165) is 17.7 Å². The van der Waals surface area contributed by atoms with E-state index in [0.29, 0.717) is 11.6 Å². The molecule has 0 radical (unpaired) electrons. The van der Waals surface area contributed by atoms with E-state index in [9.17, 15) is 0 Å². The monoisotopic (exact) mass is 211 g/mol. The number of rotatable bonds is 1. The normalized spacial score (nSPS) is 17.7. The molecule has 1 aliphatic heterocycles. The van der Waals surface area contributed by atoms with Gasteiger partial charge in [-0.25, -0.2) is 0 Å². The summed E-state index contributed by atoms with van der Waals surface area (Å²) in [7, 11) is 0. The molecule has 0 aromatic heterocycles. The molecule has 0 amide bonds. The fraction of sp³-hybridized carbons (Fsp3) is 0.455. The summed E-state index contributed by atoms with van der Waals surface area (Å²) < 4.78 is 5.75. The molecule has 0 atom stereocenters. The molecule has 0 bridgehead atoms. The summed E-state index contributed by atoms with van der Waals surface area (Å²) in [6, 6.07) is 3.96. The van der Waals surface area contributed by atoms with E-state index in [1.54, 1.807) is 0 Å². The van der Waals surface area contributed by atoms with Crippen molar-refractivity contribution in [1.29, 1.82) is 0 Å². The standard InChI is InChI=1S/C11H14ClNO/c1-11(2)5-8-3-7(6-13)4-9(12)10(8)14-11/h3-4H,5-6,13H2,1-2H3. The van der Waals surface area contributed by atoms with Gasteiger partial charge < -0.3 is 10.5 Å². The third kappa shape index (κ3) is 1.60. The van der Waals surface area contributed by atoms with Gasteiger partial charge in [0.15, 0.2) is 0 Å². The highest BCUT2D eigenvalue weighted by molar-refractivity contribution is 6.32. The number of fused-ring (bicyclic) bond motifs is 1. The predicted octanol–water partition coefficient (Wildman–Crippen LogP) is 2.51. The zero-order valence-electron chi connectivity index (χ0n) is 8.43. The first-order valence-electron chi connectivity index (χ1n) is 4.72. The zero-order valence-corrected chi connectivity index (χ0v) is 9.19. The van der Waals surface area contributed by atoms with Crippen LogP contribution in [0, 0.1) is 0 Å². The lowest BCUT2D eigenvalue weighted by atomic mass is 10.0. The van der Waals surface area contributed by atoms with Crippen LogP contribution in [0.2, 0.25) is 5.02 Å². The maximum Gasteiger partial charge on any atom is 0.142 e. The maximum atomic E-state index is 6.10. The summed E-state index contributed by atoms with van der Waals surface area (Å²) in [6.45, 7) is 4.64. The number of nitrogens with two attached hydrogens (primary N) is 1. The molecule has 1 aliphatic rings. The van der Waals surface area contributed by atoms with Crippen molar-refractivity contribution in [2.75, 3.05) is 0 Å². The molecule has 1 heterocycles. The Labute approximate surface area is 89.0 Å². The van der Waals surface area contributed by atoms with Crippen LogP contribution in [-0.4, -0.2) is 5.60 Å². The topological polar surface area (TPSA) is 35.2 Å². The summed E-state index contributed by atoms with van der Waals surface area (Å²) in [6.07, 6.45) is 0.899. The first-order chi connectivity index (χ1) is 6.52. The van der Waals surface area contributed by atoms with Crippen LogP contribution in [0.1, 0.15) is 25.0 Å². The van der Waals surface area contributed by atoms with Gasteiger partial charge in [-0.3, -0.25) is 0 Å². The molecule has 0 saturated carbocycles. The second-order valence-electron chi connectivity index (χ2n) is 4.31. The van der Waals surface area contributed by atoms with Gasteiger partial charge in [0.25, 0.3) is 0 Å². The van der Waals surface area contributed by atoms with Crippen LogP contribution in [0.5, 0.6) is 5.75 Å². The second kappa shape index (κ2) is 3.14. The summed E-state index contributed by atoms with van der Waals surface area (Å²) >= 11 is 6.10. The highest BCUT2D eigenvalue weighted by Gasteiger charge is 2.31. The largest absolute Gasteiger partial charge is 0.486 e. The van der Waals surface area contributed by atoms with Crippen molar-refractivity contribution >= 4 is 11.6 Å². The number of benzene rings is 1. The van der Waals surface area contributed by atoms with Crippen LogP contribution < -0.4 is 10.5 Å². The second-order valence-corrected chi connectivity index (χ2v) is 4.72. The molecule has 0 unspecified atom stereocenters. The first kappa shape index (κ1) is 9.81. The smallest absolute Gasteiger partial charge is 0.142 e. The van der Waals surface area contributed by atoms with E-state index in [-0.39, 0.29) is 5.60 Å². The first-order valence-corrected chi connectivity index (χ1v) is 5.10. The van der Waals surface area contributed by atoms with Gasteiger partial charge in [0, 0.05) is 13.0 Å². The molecule has 1 aromatic carbocycles. The minimum Gasteiger partial charge on any atom is -0.486 e. The molecule has 0 saturated heterocycles. The van der Waals surface area contributed by atoms with Gasteiger partial charge in [-0.05, 0) is 31.0 Å². The van der Waals surface area contributed by atoms with E-state index >= 15 is 0 Å². The van der Waals surface area contributed by atoms with Gasteiger partial charge in [0.05, 0.1) is 5.02 Å². The van der Waals surface area contributed by atoms with E-state index < -0.39 is 0 Å². The number of hydrogen-bond donors (Lipinski definition) is 1. The summed E-state index contributed by atoms with van der Waals surface area (Å²) in [5.74, 6) is 0.828. The van der Waals surface area contributed by atoms with E-state index in [2.05, 4.69) is 19.9 Å².